The number of hydrogen-bond donors (Lipinski definition) is 3. The fraction of sp³-hybridized carbons (Fsp3) is 0.400. The van der Waals surface area contributed by atoms with Crippen LogP contribution in [0.15, 0.2) is 29.2 Å². The molecule has 4 nitrogen and oxygen atoms in total. The fourth-order valence-corrected chi connectivity index (χ4v) is 1.61. The average Bonchev–Trinajstić information content (AvgIpc) is 2.26. The molecule has 1 aromatic carbocycles. The molecule has 5 heteroatoms. The number of nitrogens with one attached hydrogen (secondary N) is 1. The van der Waals surface area contributed by atoms with Gasteiger partial charge in [0, 0.05) is 6.54 Å². The van der Waals surface area contributed by atoms with Crippen LogP contribution in [0.3, 0.4) is 0 Å². The first kappa shape index (κ1) is 12.2. The van der Waals surface area contributed by atoms with Crippen LogP contribution in [0.2, 0.25) is 0 Å². The molecule has 0 aliphatic heterocycles. The predicted molar refractivity (Wildman–Crippen MR) is 58.5 cm³/mol. The van der Waals surface area contributed by atoms with Gasteiger partial charge in [0.15, 0.2) is 10.7 Å². The maximum absolute atomic E-state index is 10.6. The van der Waals surface area contributed by atoms with Crippen molar-refractivity contribution in [1.82, 2.24) is 5.32 Å². The molecule has 0 bridgehead atoms. The zero-order valence-electron chi connectivity index (χ0n) is 8.51. The summed E-state index contributed by atoms with van der Waals surface area (Å²) in [4.78, 5) is 0.268. The minimum Gasteiger partial charge on any atom is -0.387 e. The molecule has 0 fully saturated rings. The van der Waals surface area contributed by atoms with Crippen molar-refractivity contribution < 1.29 is 13.5 Å². The molecular weight excluding hydrogens is 214 g/mol. The van der Waals surface area contributed by atoms with Crippen molar-refractivity contribution >= 4 is 10.7 Å². The Morgan fingerprint density at radius 2 is 1.93 bits per heavy atom. The van der Waals surface area contributed by atoms with Crippen molar-refractivity contribution in [1.29, 1.82) is 0 Å². The minimum atomic E-state index is -2.54. The van der Waals surface area contributed by atoms with E-state index in [2.05, 4.69) is 5.32 Å². The van der Waals surface area contributed by atoms with Gasteiger partial charge in [0.05, 0.1) is 11.0 Å². The van der Waals surface area contributed by atoms with E-state index in [1.165, 1.54) is 12.1 Å². The molecule has 0 heterocycles. The highest BCUT2D eigenvalue weighted by Gasteiger charge is 2.06. The summed E-state index contributed by atoms with van der Waals surface area (Å²) in [7, 11) is -2.54. The van der Waals surface area contributed by atoms with Crippen molar-refractivity contribution in [3.05, 3.63) is 29.8 Å². The molecule has 1 aromatic rings. The number of aliphatic hydroxyl groups is 1. The van der Waals surface area contributed by atoms with Gasteiger partial charge in [-0.3, -0.25) is 0 Å². The Hall–Kier alpha value is -0.910. The maximum Gasteiger partial charge on any atom is 0.168 e. The largest absolute Gasteiger partial charge is 0.387 e. The summed E-state index contributed by atoms with van der Waals surface area (Å²) in [5.41, 5.74) is 0.719. The molecule has 84 valence electrons. The third-order valence-electron chi connectivity index (χ3n) is 2.08. The summed E-state index contributed by atoms with van der Waals surface area (Å²) in [6.07, 6.45) is -0.594. The van der Waals surface area contributed by atoms with Crippen LogP contribution in [0.25, 0.3) is 0 Å². The van der Waals surface area contributed by atoms with E-state index in [1.54, 1.807) is 12.1 Å². The van der Waals surface area contributed by atoms with E-state index in [4.69, 9.17) is 0 Å². The highest BCUT2D eigenvalue weighted by atomic mass is 32.2. The Bertz CT molecular complexity index is 365. The van der Waals surface area contributed by atoms with E-state index in [9.17, 15) is 13.5 Å². The van der Waals surface area contributed by atoms with Gasteiger partial charge < -0.3 is 10.4 Å². The zero-order valence-corrected chi connectivity index (χ0v) is 9.41. The molecule has 0 aliphatic carbocycles. The first-order chi connectivity index (χ1) is 7.15. The van der Waals surface area contributed by atoms with Crippen LogP contribution in [-0.4, -0.2) is 26.6 Å². The van der Waals surface area contributed by atoms with Crippen LogP contribution in [0, 0.1) is 0 Å². The second-order valence-electron chi connectivity index (χ2n) is 3.17. The summed E-state index contributed by atoms with van der Waals surface area (Å²) < 4.78 is 21.2. The van der Waals surface area contributed by atoms with Gasteiger partial charge in [0.2, 0.25) is 0 Å². The summed E-state index contributed by atoms with van der Waals surface area (Å²) in [5, 5.41) is 12.7. The Labute approximate surface area is 90.9 Å². The van der Waals surface area contributed by atoms with Crippen molar-refractivity contribution in [3.8, 4) is 0 Å². The smallest absolute Gasteiger partial charge is 0.168 e. The Morgan fingerprint density at radius 3 is 2.40 bits per heavy atom. The maximum atomic E-state index is 10.6. The number of likely N-dealkylation sites (N-methyl/N-ethyl adjacent to an activating group) is 1. The highest BCUT2D eigenvalue weighted by Crippen LogP contribution is 2.13. The topological polar surface area (TPSA) is 66.4 Å². The standard InChI is InChI=1S/C10H15NO3S/c1-2-11-7-10(12)8-3-5-9(6-4-8)15(13)14/h3-6,10-12,15H,2,7H2,1H3. The first-order valence-electron chi connectivity index (χ1n) is 4.78. The third-order valence-corrected chi connectivity index (χ3v) is 2.80. The molecular formula is C10H15NO3S. The predicted octanol–water partition coefficient (Wildman–Crippen LogP) is 0.300. The lowest BCUT2D eigenvalue weighted by molar-refractivity contribution is 0.175. The average molecular weight is 229 g/mol. The van der Waals surface area contributed by atoms with E-state index in [0.29, 0.717) is 6.54 Å². The van der Waals surface area contributed by atoms with Crippen LogP contribution in [0.1, 0.15) is 18.6 Å². The Morgan fingerprint density at radius 1 is 1.33 bits per heavy atom. The summed E-state index contributed by atoms with van der Waals surface area (Å²) >= 11 is 0. The normalized spacial score (nSPS) is 13.0. The monoisotopic (exact) mass is 229 g/mol. The molecule has 1 atom stereocenters. The molecule has 0 radical (unpaired) electrons. The van der Waals surface area contributed by atoms with Crippen LogP contribution < -0.4 is 5.32 Å². The van der Waals surface area contributed by atoms with Crippen LogP contribution >= 0.6 is 0 Å². The first-order valence-corrected chi connectivity index (χ1v) is 5.96. The quantitative estimate of drug-likeness (QED) is 0.635. The molecule has 0 saturated heterocycles. The van der Waals surface area contributed by atoms with Gasteiger partial charge in [-0.25, -0.2) is 8.42 Å². The number of thiol groups is 1. The van der Waals surface area contributed by atoms with Gasteiger partial charge >= 0.3 is 0 Å². The summed E-state index contributed by atoms with van der Waals surface area (Å²) in [5.74, 6) is 0. The molecule has 15 heavy (non-hydrogen) atoms. The molecule has 0 aromatic heterocycles. The molecule has 0 aliphatic rings. The fourth-order valence-electron chi connectivity index (χ4n) is 1.22. The van der Waals surface area contributed by atoms with E-state index in [0.717, 1.165) is 12.1 Å². The third kappa shape index (κ3) is 3.62. The SMILES string of the molecule is CCNCC(O)c1ccc([SH](=O)=O)cc1. The van der Waals surface area contributed by atoms with Gasteiger partial charge in [0.25, 0.3) is 0 Å². The summed E-state index contributed by atoms with van der Waals surface area (Å²) in [6.45, 7) is 3.22. The van der Waals surface area contributed by atoms with Crippen molar-refractivity contribution in [2.45, 2.75) is 17.9 Å². The van der Waals surface area contributed by atoms with E-state index in [1.807, 2.05) is 6.92 Å². The number of hydrogen-bond acceptors (Lipinski definition) is 4. The molecule has 1 rings (SSSR count). The van der Waals surface area contributed by atoms with Crippen LogP contribution in [-0.2, 0) is 10.7 Å². The molecule has 2 N–H and O–H groups in total. The van der Waals surface area contributed by atoms with Crippen molar-refractivity contribution in [2.24, 2.45) is 0 Å². The van der Waals surface area contributed by atoms with Gasteiger partial charge in [-0.15, -0.1) is 0 Å². The van der Waals surface area contributed by atoms with Gasteiger partial charge in [0.1, 0.15) is 0 Å². The zero-order chi connectivity index (χ0) is 11.3. The van der Waals surface area contributed by atoms with Crippen molar-refractivity contribution in [2.75, 3.05) is 13.1 Å². The lowest BCUT2D eigenvalue weighted by atomic mass is 10.1. The molecule has 0 saturated carbocycles. The Kier molecular flexibility index (Phi) is 4.74. The van der Waals surface area contributed by atoms with E-state index in [-0.39, 0.29) is 4.90 Å². The number of benzene rings is 1. The van der Waals surface area contributed by atoms with Crippen LogP contribution in [0.4, 0.5) is 0 Å². The number of rotatable bonds is 5. The highest BCUT2D eigenvalue weighted by molar-refractivity contribution is 7.72. The number of aliphatic hydroxyl groups excluding tert-OH is 1. The Balaban J connectivity index is 2.70. The lowest BCUT2D eigenvalue weighted by Crippen LogP contribution is -2.20. The van der Waals surface area contributed by atoms with E-state index >= 15 is 0 Å². The molecule has 1 unspecified atom stereocenters. The second kappa shape index (κ2) is 5.85. The summed E-state index contributed by atoms with van der Waals surface area (Å²) in [6, 6.07) is 6.25. The minimum absolute atomic E-state index is 0.268. The van der Waals surface area contributed by atoms with Crippen molar-refractivity contribution in [3.63, 3.8) is 0 Å². The molecule has 0 spiro atoms. The lowest BCUT2D eigenvalue weighted by Gasteiger charge is -2.10. The van der Waals surface area contributed by atoms with Crippen LogP contribution in [0.5, 0.6) is 0 Å². The second-order valence-corrected chi connectivity index (χ2v) is 4.20. The molecule has 0 amide bonds. The van der Waals surface area contributed by atoms with Gasteiger partial charge in [-0.1, -0.05) is 19.1 Å². The van der Waals surface area contributed by atoms with Gasteiger partial charge in [-0.2, -0.15) is 0 Å². The van der Waals surface area contributed by atoms with Gasteiger partial charge in [-0.05, 0) is 24.2 Å². The van der Waals surface area contributed by atoms with E-state index < -0.39 is 16.8 Å².